The maximum atomic E-state index is 11.4. The number of H-pyrrole nitrogens is 1. The summed E-state index contributed by atoms with van der Waals surface area (Å²) in [6.07, 6.45) is 0. The minimum atomic E-state index is -1.28. The standard InChI is InChI=1S/C12H9NO4/c14-10-4-2-1-3-7(10)9-6-5-8(12(16)17)11(15)13-9/h1-6,14H,(H,13,15)(H,16,17). The predicted octanol–water partition coefficient (Wildman–Crippen LogP) is 1.45. The van der Waals surface area contributed by atoms with Crippen LogP contribution in [0.1, 0.15) is 10.4 Å². The Labute approximate surface area is 96.0 Å². The van der Waals surface area contributed by atoms with Gasteiger partial charge in [-0.15, -0.1) is 0 Å². The number of carboxylic acids is 1. The second-order valence-electron chi connectivity index (χ2n) is 3.44. The van der Waals surface area contributed by atoms with Crippen LogP contribution in [0, 0.1) is 0 Å². The molecule has 2 aromatic rings. The van der Waals surface area contributed by atoms with E-state index in [9.17, 15) is 14.7 Å². The number of pyridine rings is 1. The molecule has 17 heavy (non-hydrogen) atoms. The number of hydrogen-bond donors (Lipinski definition) is 3. The second-order valence-corrected chi connectivity index (χ2v) is 3.44. The van der Waals surface area contributed by atoms with Crippen LogP contribution in [0.25, 0.3) is 11.3 Å². The van der Waals surface area contributed by atoms with Gasteiger partial charge in [0.2, 0.25) is 0 Å². The molecule has 0 saturated carbocycles. The Balaban J connectivity index is 2.57. The summed E-state index contributed by atoms with van der Waals surface area (Å²) < 4.78 is 0. The number of hydrogen-bond acceptors (Lipinski definition) is 3. The maximum absolute atomic E-state index is 11.4. The number of phenols is 1. The quantitative estimate of drug-likeness (QED) is 0.729. The van der Waals surface area contributed by atoms with Crippen molar-refractivity contribution in [1.29, 1.82) is 0 Å². The summed E-state index contributed by atoms with van der Waals surface area (Å²) in [5.74, 6) is -1.26. The van der Waals surface area contributed by atoms with Gasteiger partial charge in [-0.2, -0.15) is 0 Å². The van der Waals surface area contributed by atoms with E-state index < -0.39 is 11.5 Å². The highest BCUT2D eigenvalue weighted by Gasteiger charge is 2.10. The van der Waals surface area contributed by atoms with E-state index >= 15 is 0 Å². The van der Waals surface area contributed by atoms with Crippen LogP contribution in [0.2, 0.25) is 0 Å². The van der Waals surface area contributed by atoms with E-state index in [1.165, 1.54) is 18.2 Å². The topological polar surface area (TPSA) is 90.4 Å². The van der Waals surface area contributed by atoms with Crippen molar-refractivity contribution in [1.82, 2.24) is 4.98 Å². The van der Waals surface area contributed by atoms with Crippen LogP contribution in [0.5, 0.6) is 5.75 Å². The van der Waals surface area contributed by atoms with Gasteiger partial charge in [0.05, 0.1) is 5.69 Å². The van der Waals surface area contributed by atoms with Crippen LogP contribution in [0.4, 0.5) is 0 Å². The molecule has 0 aliphatic rings. The van der Waals surface area contributed by atoms with Gasteiger partial charge >= 0.3 is 5.97 Å². The lowest BCUT2D eigenvalue weighted by atomic mass is 10.1. The summed E-state index contributed by atoms with van der Waals surface area (Å²) in [4.78, 5) is 24.5. The molecule has 0 unspecified atom stereocenters. The number of aromatic nitrogens is 1. The van der Waals surface area contributed by atoms with Crippen LogP contribution in [0.15, 0.2) is 41.2 Å². The molecule has 0 saturated heterocycles. The molecule has 86 valence electrons. The average molecular weight is 231 g/mol. The number of aromatic carboxylic acids is 1. The van der Waals surface area contributed by atoms with Crippen LogP contribution >= 0.6 is 0 Å². The number of benzene rings is 1. The van der Waals surface area contributed by atoms with E-state index in [0.29, 0.717) is 11.3 Å². The first-order chi connectivity index (χ1) is 8.09. The molecule has 2 rings (SSSR count). The summed E-state index contributed by atoms with van der Waals surface area (Å²) in [7, 11) is 0. The smallest absolute Gasteiger partial charge is 0.341 e. The monoisotopic (exact) mass is 231 g/mol. The molecule has 0 amide bonds. The lowest BCUT2D eigenvalue weighted by molar-refractivity contribution is 0.0695. The number of phenolic OH excluding ortho intramolecular Hbond substituents is 1. The molecule has 0 bridgehead atoms. The summed E-state index contributed by atoms with van der Waals surface area (Å²) in [5.41, 5.74) is -0.206. The van der Waals surface area contributed by atoms with Gasteiger partial charge in [0.15, 0.2) is 0 Å². The van der Waals surface area contributed by atoms with E-state index in [2.05, 4.69) is 4.98 Å². The highest BCUT2D eigenvalue weighted by Crippen LogP contribution is 2.25. The molecule has 0 spiro atoms. The van der Waals surface area contributed by atoms with Crippen molar-refractivity contribution >= 4 is 5.97 Å². The van der Waals surface area contributed by atoms with E-state index in [0.717, 1.165) is 0 Å². The Morgan fingerprint density at radius 1 is 1.12 bits per heavy atom. The van der Waals surface area contributed by atoms with Crippen molar-refractivity contribution < 1.29 is 15.0 Å². The van der Waals surface area contributed by atoms with Gasteiger partial charge < -0.3 is 15.2 Å². The molecule has 5 nitrogen and oxygen atoms in total. The zero-order valence-electron chi connectivity index (χ0n) is 8.68. The minimum Gasteiger partial charge on any atom is -0.507 e. The number of carbonyl (C=O) groups is 1. The Kier molecular flexibility index (Phi) is 2.66. The molecule has 0 aliphatic carbocycles. The fourth-order valence-electron chi connectivity index (χ4n) is 1.50. The molecule has 0 fully saturated rings. The summed E-state index contributed by atoms with van der Waals surface area (Å²) in [6, 6.07) is 9.13. The number of aromatic amines is 1. The molecule has 0 atom stereocenters. The third-order valence-corrected chi connectivity index (χ3v) is 2.33. The van der Waals surface area contributed by atoms with Crippen molar-refractivity contribution in [3.05, 3.63) is 52.3 Å². The highest BCUT2D eigenvalue weighted by molar-refractivity contribution is 5.87. The number of rotatable bonds is 2. The Morgan fingerprint density at radius 2 is 1.82 bits per heavy atom. The van der Waals surface area contributed by atoms with Crippen molar-refractivity contribution in [2.75, 3.05) is 0 Å². The van der Waals surface area contributed by atoms with Gasteiger partial charge in [-0.3, -0.25) is 4.79 Å². The van der Waals surface area contributed by atoms with Crippen LogP contribution in [-0.4, -0.2) is 21.2 Å². The lowest BCUT2D eigenvalue weighted by Gasteiger charge is -2.04. The molecule has 1 heterocycles. The fourth-order valence-corrected chi connectivity index (χ4v) is 1.50. The fraction of sp³-hybridized carbons (Fsp3) is 0. The first kappa shape index (κ1) is 10.9. The Bertz CT molecular complexity index is 630. The SMILES string of the molecule is O=C(O)c1ccc(-c2ccccc2O)[nH]c1=O. The van der Waals surface area contributed by atoms with E-state index in [1.54, 1.807) is 18.2 Å². The predicted molar refractivity (Wildman–Crippen MR) is 61.1 cm³/mol. The van der Waals surface area contributed by atoms with E-state index in [-0.39, 0.29) is 11.3 Å². The lowest BCUT2D eigenvalue weighted by Crippen LogP contribution is -2.17. The summed E-state index contributed by atoms with van der Waals surface area (Å²) in [5, 5.41) is 18.3. The van der Waals surface area contributed by atoms with Gasteiger partial charge in [-0.1, -0.05) is 12.1 Å². The first-order valence-corrected chi connectivity index (χ1v) is 4.84. The van der Waals surface area contributed by atoms with Gasteiger partial charge in [0, 0.05) is 5.56 Å². The normalized spacial score (nSPS) is 10.1. The molecule has 5 heteroatoms. The Morgan fingerprint density at radius 3 is 2.41 bits per heavy atom. The molecule has 1 aromatic carbocycles. The van der Waals surface area contributed by atoms with Crippen molar-refractivity contribution in [3.8, 4) is 17.0 Å². The summed E-state index contributed by atoms with van der Waals surface area (Å²) in [6.45, 7) is 0. The zero-order valence-corrected chi connectivity index (χ0v) is 8.68. The largest absolute Gasteiger partial charge is 0.507 e. The third-order valence-electron chi connectivity index (χ3n) is 2.33. The molecule has 1 aromatic heterocycles. The molecular formula is C12H9NO4. The number of para-hydroxylation sites is 1. The van der Waals surface area contributed by atoms with E-state index in [1.807, 2.05) is 0 Å². The number of nitrogens with one attached hydrogen (secondary N) is 1. The summed E-state index contributed by atoms with van der Waals surface area (Å²) >= 11 is 0. The Hall–Kier alpha value is -2.56. The first-order valence-electron chi connectivity index (χ1n) is 4.84. The van der Waals surface area contributed by atoms with E-state index in [4.69, 9.17) is 5.11 Å². The number of aromatic hydroxyl groups is 1. The molecule has 0 aliphatic heterocycles. The van der Waals surface area contributed by atoms with Gasteiger partial charge in [-0.25, -0.2) is 4.79 Å². The molecule has 3 N–H and O–H groups in total. The highest BCUT2D eigenvalue weighted by atomic mass is 16.4. The van der Waals surface area contributed by atoms with Crippen molar-refractivity contribution in [2.45, 2.75) is 0 Å². The van der Waals surface area contributed by atoms with Crippen molar-refractivity contribution in [3.63, 3.8) is 0 Å². The van der Waals surface area contributed by atoms with Gasteiger partial charge in [0.1, 0.15) is 11.3 Å². The second kappa shape index (κ2) is 4.13. The van der Waals surface area contributed by atoms with Crippen molar-refractivity contribution in [2.24, 2.45) is 0 Å². The molecule has 0 radical (unpaired) electrons. The minimum absolute atomic E-state index is 0.0197. The zero-order chi connectivity index (χ0) is 12.4. The van der Waals surface area contributed by atoms with Crippen LogP contribution < -0.4 is 5.56 Å². The van der Waals surface area contributed by atoms with Crippen LogP contribution in [-0.2, 0) is 0 Å². The molecular weight excluding hydrogens is 222 g/mol. The average Bonchev–Trinajstić information content (AvgIpc) is 2.29. The van der Waals surface area contributed by atoms with Gasteiger partial charge in [-0.05, 0) is 24.3 Å². The third kappa shape index (κ3) is 2.03. The maximum Gasteiger partial charge on any atom is 0.341 e. The number of carboxylic acid groups (broad SMARTS) is 1. The van der Waals surface area contributed by atoms with Gasteiger partial charge in [0.25, 0.3) is 5.56 Å². The van der Waals surface area contributed by atoms with Crippen LogP contribution in [0.3, 0.4) is 0 Å².